The number of hydrogen-bond acceptors (Lipinski definition) is 14. The van der Waals surface area contributed by atoms with E-state index in [4.69, 9.17) is 38.1 Å². The molecule has 1 fully saturated rings. The molecule has 0 spiro atoms. The standard InChI is InChI=1S/C52H62N12O12S/c1-6-52(33-20-38-43-29(19-28-10-7-8-11-34(28)60-43)24-64(38)47(71)32(33)25-75-49(52)73)76-48(72)42(27(4)5)62-45(69)36(21-39(53)65)61-44(68)35(18-26(2)3)59-41(67)23-55-40(66)22-56-46(70)37-12-9-17-63(37)51(77)58-31-15-13-30(14-16-31)57-50(54)74/h7-8,10-11,13-16,19-20,26-27,35-37,42H,6,9,12,17-18,21-25H2,1-5H3,(H2,53,65)(H,55,66)(H,56,70)(H,58,77)(H,59,67)(H,61,68)(H,62,69)(H3,54,57,74)/t35?,36?,37-,42-,52+/m1/s1. The Balaban J connectivity index is 0.960. The molecule has 11 N–H and O–H groups in total. The minimum atomic E-state index is -2.12. The molecule has 5 heterocycles. The number of pyridine rings is 2. The summed E-state index contributed by atoms with van der Waals surface area (Å²) in [7, 11) is 0. The topological polar surface area (TPSA) is 346 Å². The third-order valence-corrected chi connectivity index (χ3v) is 13.7. The zero-order valence-corrected chi connectivity index (χ0v) is 43.9. The number of primary amides is 2. The van der Waals surface area contributed by atoms with Crippen LogP contribution in [-0.4, -0.2) is 117 Å². The first-order valence-electron chi connectivity index (χ1n) is 25.1. The van der Waals surface area contributed by atoms with E-state index >= 15 is 0 Å². The van der Waals surface area contributed by atoms with Crippen molar-refractivity contribution in [2.24, 2.45) is 23.3 Å². The number of amides is 8. The van der Waals surface area contributed by atoms with Crippen LogP contribution in [0.1, 0.15) is 83.4 Å². The summed E-state index contributed by atoms with van der Waals surface area (Å²) < 4.78 is 13.1. The SMILES string of the molecule is CC[C@@]1(OC(=O)[C@H](NC(=O)C(CC(N)=O)NC(=O)C(CC(C)C)NC(=O)CNC(=O)CNC(=O)[C@H]2CCCN2C(=S)Nc2ccc(NC(N)=O)cc2)C(C)C)C(=O)OCc2c1cc1n(c2=O)Cc2cc3ccccc3nc2-1. The fraction of sp³-hybridized carbons (Fsp3) is 0.423. The number of nitrogens with one attached hydrogen (secondary N) is 7. The van der Waals surface area contributed by atoms with Crippen LogP contribution in [0.2, 0.25) is 0 Å². The van der Waals surface area contributed by atoms with Gasteiger partial charge in [-0.15, -0.1) is 0 Å². The maximum absolute atomic E-state index is 14.3. The summed E-state index contributed by atoms with van der Waals surface area (Å²) in [6, 6.07) is 11.7. The molecule has 0 radical (unpaired) electrons. The van der Waals surface area contributed by atoms with E-state index in [1.54, 1.807) is 69.9 Å². The molecular weight excluding hydrogens is 1020 g/mol. The van der Waals surface area contributed by atoms with Gasteiger partial charge < -0.3 is 67.6 Å². The van der Waals surface area contributed by atoms with Crippen molar-refractivity contribution in [3.8, 4) is 11.4 Å². The van der Waals surface area contributed by atoms with Gasteiger partial charge in [-0.2, -0.15) is 0 Å². The fourth-order valence-electron chi connectivity index (χ4n) is 9.48. The van der Waals surface area contributed by atoms with Gasteiger partial charge in [-0.25, -0.2) is 19.4 Å². The van der Waals surface area contributed by atoms with Crippen molar-refractivity contribution in [2.75, 3.05) is 30.3 Å². The molecule has 0 saturated carbocycles. The van der Waals surface area contributed by atoms with Crippen molar-refractivity contribution < 1.29 is 52.6 Å². The molecule has 24 nitrogen and oxygen atoms in total. The van der Waals surface area contributed by atoms with Crippen molar-refractivity contribution in [3.05, 3.63) is 87.7 Å². The number of para-hydroxylation sites is 1. The van der Waals surface area contributed by atoms with Crippen LogP contribution >= 0.6 is 12.2 Å². The van der Waals surface area contributed by atoms with Crippen molar-refractivity contribution in [3.63, 3.8) is 0 Å². The first-order chi connectivity index (χ1) is 36.6. The Bertz CT molecular complexity index is 3090. The average molecular weight is 1080 g/mol. The van der Waals surface area contributed by atoms with E-state index in [-0.39, 0.29) is 48.2 Å². The highest BCUT2D eigenvalue weighted by atomic mass is 32.1. The Morgan fingerprint density at radius 3 is 2.19 bits per heavy atom. The van der Waals surface area contributed by atoms with Gasteiger partial charge in [0.05, 0.1) is 48.5 Å². The van der Waals surface area contributed by atoms with Crippen LogP contribution in [0.5, 0.6) is 0 Å². The number of ether oxygens (including phenoxy) is 2. The molecule has 0 bridgehead atoms. The Kier molecular flexibility index (Phi) is 17.6. The lowest BCUT2D eigenvalue weighted by molar-refractivity contribution is -0.191. The van der Waals surface area contributed by atoms with E-state index in [1.165, 1.54) is 4.57 Å². The normalized spacial score (nSPS) is 17.4. The molecule has 8 amide bonds. The molecule has 25 heteroatoms. The van der Waals surface area contributed by atoms with Crippen LogP contribution in [0, 0.1) is 11.8 Å². The second-order valence-corrected chi connectivity index (χ2v) is 20.1. The van der Waals surface area contributed by atoms with Gasteiger partial charge in [0.15, 0.2) is 5.11 Å². The highest BCUT2D eigenvalue weighted by Crippen LogP contribution is 2.41. The predicted octanol–water partition coefficient (Wildman–Crippen LogP) is 1.25. The van der Waals surface area contributed by atoms with E-state index in [2.05, 4.69) is 37.2 Å². The molecule has 408 valence electrons. The minimum Gasteiger partial charge on any atom is -0.457 e. The molecule has 3 aliphatic rings. The second-order valence-electron chi connectivity index (χ2n) is 19.7. The second kappa shape index (κ2) is 24.0. The van der Waals surface area contributed by atoms with E-state index in [0.717, 1.165) is 10.9 Å². The van der Waals surface area contributed by atoms with Crippen molar-refractivity contribution >= 4 is 93.0 Å². The largest absolute Gasteiger partial charge is 0.457 e. The zero-order chi connectivity index (χ0) is 55.9. The minimum absolute atomic E-state index is 0.0432. The van der Waals surface area contributed by atoms with Gasteiger partial charge in [0, 0.05) is 34.4 Å². The molecule has 2 aromatic carbocycles. The molecule has 1 saturated heterocycles. The first-order valence-corrected chi connectivity index (χ1v) is 25.5. The van der Waals surface area contributed by atoms with Crippen LogP contribution in [0.3, 0.4) is 0 Å². The van der Waals surface area contributed by atoms with E-state index in [1.807, 2.05) is 30.3 Å². The average Bonchev–Trinajstić information content (AvgIpc) is 4.10. The number of aromatic nitrogens is 2. The summed E-state index contributed by atoms with van der Waals surface area (Å²) >= 11 is 5.56. The number of anilines is 2. The van der Waals surface area contributed by atoms with Crippen molar-refractivity contribution in [1.82, 2.24) is 41.0 Å². The Morgan fingerprint density at radius 1 is 0.857 bits per heavy atom. The van der Waals surface area contributed by atoms with Crippen LogP contribution in [0.15, 0.2) is 65.5 Å². The van der Waals surface area contributed by atoms with Crippen molar-refractivity contribution in [2.45, 2.75) is 110 Å². The number of benzene rings is 2. The van der Waals surface area contributed by atoms with Gasteiger partial charge in [-0.1, -0.05) is 52.8 Å². The van der Waals surface area contributed by atoms with E-state index in [9.17, 15) is 47.9 Å². The molecule has 0 aliphatic carbocycles. The number of fused-ring (bicyclic) bond motifs is 5. The third kappa shape index (κ3) is 13.0. The summed E-state index contributed by atoms with van der Waals surface area (Å²) in [6.45, 7) is 7.51. The third-order valence-electron chi connectivity index (χ3n) is 13.4. The maximum Gasteiger partial charge on any atom is 0.355 e. The predicted molar refractivity (Wildman–Crippen MR) is 284 cm³/mol. The van der Waals surface area contributed by atoms with Gasteiger partial charge in [-0.05, 0) is 92.2 Å². The molecule has 2 unspecified atom stereocenters. The zero-order valence-electron chi connectivity index (χ0n) is 43.1. The lowest BCUT2D eigenvalue weighted by atomic mass is 9.85. The number of nitrogens with zero attached hydrogens (tertiary/aromatic N) is 3. The monoisotopic (exact) mass is 1080 g/mol. The van der Waals surface area contributed by atoms with Gasteiger partial charge in [-0.3, -0.25) is 33.6 Å². The number of nitrogens with two attached hydrogens (primary N) is 2. The highest BCUT2D eigenvalue weighted by molar-refractivity contribution is 7.80. The number of hydrogen-bond donors (Lipinski definition) is 9. The van der Waals surface area contributed by atoms with Crippen LogP contribution in [0.4, 0.5) is 16.2 Å². The summed E-state index contributed by atoms with van der Waals surface area (Å²) in [5.74, 6) is -7.82. The number of urea groups is 1. The molecule has 77 heavy (non-hydrogen) atoms. The van der Waals surface area contributed by atoms with Gasteiger partial charge >= 0.3 is 18.0 Å². The smallest absolute Gasteiger partial charge is 0.355 e. The Labute approximate surface area is 447 Å². The molecule has 5 atom stereocenters. The van der Waals surface area contributed by atoms with Crippen LogP contribution in [0.25, 0.3) is 22.3 Å². The number of thiocarbonyl (C=S) groups is 1. The Morgan fingerprint density at radius 2 is 1.53 bits per heavy atom. The first kappa shape index (κ1) is 56.3. The summed E-state index contributed by atoms with van der Waals surface area (Å²) in [6.07, 6.45) is 0.250. The quantitative estimate of drug-likeness (QED) is 0.0391. The van der Waals surface area contributed by atoms with E-state index < -0.39 is 114 Å². The number of carbonyl (C=O) groups excluding carboxylic acids is 9. The number of esters is 2. The number of carbonyl (C=O) groups is 9. The number of rotatable bonds is 20. The van der Waals surface area contributed by atoms with Crippen LogP contribution in [-0.2, 0) is 66.6 Å². The Hall–Kier alpha value is -8.48. The number of likely N-dealkylation sites (tertiary alicyclic amines) is 1. The van der Waals surface area contributed by atoms with Crippen LogP contribution < -0.4 is 54.2 Å². The lowest BCUT2D eigenvalue weighted by Crippen LogP contribution is -2.59. The highest BCUT2D eigenvalue weighted by Gasteiger charge is 2.52. The summed E-state index contributed by atoms with van der Waals surface area (Å²) in [5.41, 5.74) is 11.8. The van der Waals surface area contributed by atoms with Gasteiger partial charge in [0.1, 0.15) is 30.8 Å². The molecule has 4 aromatic rings. The fourth-order valence-corrected chi connectivity index (χ4v) is 9.82. The van der Waals surface area contributed by atoms with E-state index in [0.29, 0.717) is 47.7 Å². The number of cyclic esters (lactones) is 1. The van der Waals surface area contributed by atoms with Gasteiger partial charge in [0.25, 0.3) is 5.56 Å². The summed E-state index contributed by atoms with van der Waals surface area (Å²) in [5, 5.41) is 19.2. The molecule has 3 aliphatic heterocycles. The summed E-state index contributed by atoms with van der Waals surface area (Å²) in [4.78, 5) is 139. The van der Waals surface area contributed by atoms with Crippen molar-refractivity contribution in [1.29, 1.82) is 0 Å². The maximum atomic E-state index is 14.3. The molecular formula is C52H62N12O12S. The lowest BCUT2D eigenvalue weighted by Gasteiger charge is -2.37. The molecule has 2 aromatic heterocycles. The molecule has 7 rings (SSSR count). The van der Waals surface area contributed by atoms with Gasteiger partial charge in [0.2, 0.25) is 41.0 Å².